The molecule has 1 heterocycles. The highest BCUT2D eigenvalue weighted by molar-refractivity contribution is 5.44. The van der Waals surface area contributed by atoms with Gasteiger partial charge in [-0.2, -0.15) is 5.10 Å². The molecule has 0 radical (unpaired) electrons. The summed E-state index contributed by atoms with van der Waals surface area (Å²) in [6, 6.07) is 10.1. The van der Waals surface area contributed by atoms with E-state index in [2.05, 4.69) is 38.0 Å². The lowest BCUT2D eigenvalue weighted by molar-refractivity contribution is 0.771. The molecular formula is C13H17N3. The minimum Gasteiger partial charge on any atom is -0.384 e. The largest absolute Gasteiger partial charge is 0.384 e. The average molecular weight is 215 g/mol. The molecule has 0 spiro atoms. The van der Waals surface area contributed by atoms with Crippen LogP contribution in [-0.4, -0.2) is 9.78 Å². The highest BCUT2D eigenvalue weighted by atomic mass is 15.3. The molecule has 84 valence electrons. The molecule has 0 amide bonds. The minimum atomic E-state index is 0.397. The molecule has 0 fully saturated rings. The maximum absolute atomic E-state index is 5.95. The quantitative estimate of drug-likeness (QED) is 0.837. The number of nitrogens with zero attached hydrogens (tertiary/aromatic N) is 2. The molecule has 0 bridgehead atoms. The van der Waals surface area contributed by atoms with Gasteiger partial charge in [0.15, 0.2) is 0 Å². The predicted octanol–water partition coefficient (Wildman–Crippen LogP) is 2.89. The van der Waals surface area contributed by atoms with E-state index < -0.39 is 0 Å². The van der Waals surface area contributed by atoms with Crippen molar-refractivity contribution in [2.45, 2.75) is 26.7 Å². The SMILES string of the molecule is Cc1ccc(-n2nc(C(C)C)cc2N)cc1. The van der Waals surface area contributed by atoms with Crippen molar-refractivity contribution in [1.82, 2.24) is 9.78 Å². The number of rotatable bonds is 2. The van der Waals surface area contributed by atoms with Crippen LogP contribution in [0.3, 0.4) is 0 Å². The lowest BCUT2D eigenvalue weighted by Crippen LogP contribution is -2.02. The first kappa shape index (κ1) is 10.7. The minimum absolute atomic E-state index is 0.397. The zero-order valence-corrected chi connectivity index (χ0v) is 9.94. The monoisotopic (exact) mass is 215 g/mol. The van der Waals surface area contributed by atoms with Gasteiger partial charge in [-0.3, -0.25) is 0 Å². The summed E-state index contributed by atoms with van der Waals surface area (Å²) in [4.78, 5) is 0. The Kier molecular flexibility index (Phi) is 2.69. The van der Waals surface area contributed by atoms with Gasteiger partial charge < -0.3 is 5.73 Å². The summed E-state index contributed by atoms with van der Waals surface area (Å²) in [5, 5.41) is 4.50. The summed E-state index contributed by atoms with van der Waals surface area (Å²) < 4.78 is 1.79. The van der Waals surface area contributed by atoms with Gasteiger partial charge in [0.25, 0.3) is 0 Å². The van der Waals surface area contributed by atoms with E-state index in [1.807, 2.05) is 18.2 Å². The van der Waals surface area contributed by atoms with Crippen molar-refractivity contribution in [3.05, 3.63) is 41.6 Å². The van der Waals surface area contributed by atoms with E-state index in [0.29, 0.717) is 11.7 Å². The van der Waals surface area contributed by atoms with Crippen LogP contribution in [0.15, 0.2) is 30.3 Å². The van der Waals surface area contributed by atoms with Crippen LogP contribution in [0.2, 0.25) is 0 Å². The van der Waals surface area contributed by atoms with E-state index in [1.165, 1.54) is 5.56 Å². The Hall–Kier alpha value is -1.77. The highest BCUT2D eigenvalue weighted by Gasteiger charge is 2.09. The normalized spacial score (nSPS) is 11.0. The van der Waals surface area contributed by atoms with Crippen molar-refractivity contribution in [2.75, 3.05) is 5.73 Å². The first-order chi connectivity index (χ1) is 7.58. The maximum Gasteiger partial charge on any atom is 0.127 e. The van der Waals surface area contributed by atoms with Crippen molar-refractivity contribution in [3.63, 3.8) is 0 Å². The third-order valence-corrected chi connectivity index (χ3v) is 2.63. The average Bonchev–Trinajstić information content (AvgIpc) is 2.62. The molecule has 2 rings (SSSR count). The van der Waals surface area contributed by atoms with Gasteiger partial charge in [-0.1, -0.05) is 31.5 Å². The van der Waals surface area contributed by atoms with Crippen LogP contribution in [0.1, 0.15) is 31.0 Å². The Morgan fingerprint density at radius 3 is 2.31 bits per heavy atom. The highest BCUT2D eigenvalue weighted by Crippen LogP contribution is 2.19. The number of aryl methyl sites for hydroxylation is 1. The van der Waals surface area contributed by atoms with Gasteiger partial charge in [0, 0.05) is 6.07 Å². The standard InChI is InChI=1S/C13H17N3/c1-9(2)12-8-13(14)16(15-12)11-6-4-10(3)5-7-11/h4-9H,14H2,1-3H3. The maximum atomic E-state index is 5.95. The third kappa shape index (κ3) is 1.94. The molecule has 16 heavy (non-hydrogen) atoms. The summed E-state index contributed by atoms with van der Waals surface area (Å²) in [5.74, 6) is 1.08. The van der Waals surface area contributed by atoms with Crippen LogP contribution in [0, 0.1) is 6.92 Å². The predicted molar refractivity (Wildman–Crippen MR) is 66.8 cm³/mol. The first-order valence-electron chi connectivity index (χ1n) is 5.50. The van der Waals surface area contributed by atoms with E-state index >= 15 is 0 Å². The third-order valence-electron chi connectivity index (χ3n) is 2.63. The zero-order valence-electron chi connectivity index (χ0n) is 9.94. The fourth-order valence-electron chi connectivity index (χ4n) is 1.59. The fraction of sp³-hybridized carbons (Fsp3) is 0.308. The summed E-state index contributed by atoms with van der Waals surface area (Å²) in [6.07, 6.45) is 0. The summed E-state index contributed by atoms with van der Waals surface area (Å²) in [5.41, 5.74) is 9.22. The molecule has 3 heteroatoms. The molecule has 0 aliphatic heterocycles. The molecule has 2 N–H and O–H groups in total. The Labute approximate surface area is 95.9 Å². The van der Waals surface area contributed by atoms with E-state index in [4.69, 9.17) is 5.73 Å². The van der Waals surface area contributed by atoms with E-state index in [1.54, 1.807) is 4.68 Å². The number of hydrogen-bond donors (Lipinski definition) is 1. The Morgan fingerprint density at radius 2 is 1.81 bits per heavy atom. The van der Waals surface area contributed by atoms with Crippen molar-refractivity contribution in [2.24, 2.45) is 0 Å². The van der Waals surface area contributed by atoms with E-state index in [0.717, 1.165) is 11.4 Å². The van der Waals surface area contributed by atoms with E-state index in [-0.39, 0.29) is 0 Å². The van der Waals surface area contributed by atoms with Gasteiger partial charge >= 0.3 is 0 Å². The Balaban J connectivity index is 2.44. The van der Waals surface area contributed by atoms with Crippen molar-refractivity contribution < 1.29 is 0 Å². The molecule has 0 aliphatic rings. The molecule has 1 aromatic carbocycles. The zero-order chi connectivity index (χ0) is 11.7. The van der Waals surface area contributed by atoms with Crippen LogP contribution < -0.4 is 5.73 Å². The molecule has 0 unspecified atom stereocenters. The summed E-state index contributed by atoms with van der Waals surface area (Å²) in [7, 11) is 0. The van der Waals surface area contributed by atoms with Crippen molar-refractivity contribution in [3.8, 4) is 5.69 Å². The smallest absolute Gasteiger partial charge is 0.127 e. The van der Waals surface area contributed by atoms with Crippen LogP contribution in [0.5, 0.6) is 0 Å². The van der Waals surface area contributed by atoms with Gasteiger partial charge in [-0.05, 0) is 25.0 Å². The van der Waals surface area contributed by atoms with Crippen LogP contribution >= 0.6 is 0 Å². The van der Waals surface area contributed by atoms with Crippen molar-refractivity contribution >= 4 is 5.82 Å². The lowest BCUT2D eigenvalue weighted by atomic mass is 10.1. The van der Waals surface area contributed by atoms with E-state index in [9.17, 15) is 0 Å². The van der Waals surface area contributed by atoms with Gasteiger partial charge in [0.2, 0.25) is 0 Å². The Morgan fingerprint density at radius 1 is 1.19 bits per heavy atom. The number of benzene rings is 1. The van der Waals surface area contributed by atoms with Crippen LogP contribution in [0.25, 0.3) is 5.69 Å². The van der Waals surface area contributed by atoms with Crippen molar-refractivity contribution in [1.29, 1.82) is 0 Å². The van der Waals surface area contributed by atoms with Gasteiger partial charge in [0.1, 0.15) is 5.82 Å². The molecule has 0 aliphatic carbocycles. The number of nitrogen functional groups attached to an aromatic ring is 1. The summed E-state index contributed by atoms with van der Waals surface area (Å²) in [6.45, 7) is 6.29. The molecule has 0 atom stereocenters. The molecular weight excluding hydrogens is 198 g/mol. The van der Waals surface area contributed by atoms with Crippen LogP contribution in [-0.2, 0) is 0 Å². The van der Waals surface area contributed by atoms with Gasteiger partial charge in [0.05, 0.1) is 11.4 Å². The molecule has 0 saturated heterocycles. The van der Waals surface area contributed by atoms with Gasteiger partial charge in [-0.25, -0.2) is 4.68 Å². The topological polar surface area (TPSA) is 43.8 Å². The second kappa shape index (κ2) is 4.00. The lowest BCUT2D eigenvalue weighted by Gasteiger charge is -2.04. The molecule has 1 aromatic heterocycles. The molecule has 3 nitrogen and oxygen atoms in total. The summed E-state index contributed by atoms with van der Waals surface area (Å²) >= 11 is 0. The van der Waals surface area contributed by atoms with Crippen LogP contribution in [0.4, 0.5) is 5.82 Å². The second-order valence-corrected chi connectivity index (χ2v) is 4.40. The molecule has 0 saturated carbocycles. The van der Waals surface area contributed by atoms with Gasteiger partial charge in [-0.15, -0.1) is 0 Å². The number of hydrogen-bond acceptors (Lipinski definition) is 2. The second-order valence-electron chi connectivity index (χ2n) is 4.40. The number of aromatic nitrogens is 2. The first-order valence-corrected chi connectivity index (χ1v) is 5.50. The Bertz CT molecular complexity index is 480. The fourth-order valence-corrected chi connectivity index (χ4v) is 1.59. The molecule has 2 aromatic rings. The number of anilines is 1. The number of nitrogens with two attached hydrogens (primary N) is 1.